The van der Waals surface area contributed by atoms with Crippen molar-refractivity contribution in [3.05, 3.63) is 59.9 Å². The lowest BCUT2D eigenvalue weighted by molar-refractivity contribution is 0.414. The molecule has 112 valence electrons. The molecule has 2 aromatic rings. The average Bonchev–Trinajstić information content (AvgIpc) is 2.56. The Morgan fingerprint density at radius 3 is 2.48 bits per heavy atom. The molecule has 1 aromatic heterocycles. The lowest BCUT2D eigenvalue weighted by atomic mass is 10.0. The minimum Gasteiger partial charge on any atom is -0.497 e. The number of aromatic nitrogens is 1. The number of hydrazine groups is 1. The Kier molecular flexibility index (Phi) is 6.19. The molecule has 0 saturated carbocycles. The fraction of sp³-hybridized carbons (Fsp3) is 0.353. The molecule has 0 fully saturated rings. The van der Waals surface area contributed by atoms with E-state index in [1.54, 1.807) is 7.11 Å². The van der Waals surface area contributed by atoms with Crippen LogP contribution in [-0.4, -0.2) is 18.1 Å². The zero-order valence-corrected chi connectivity index (χ0v) is 12.5. The zero-order chi connectivity index (χ0) is 14.9. The second-order valence-electron chi connectivity index (χ2n) is 5.11. The van der Waals surface area contributed by atoms with Crippen LogP contribution in [0.1, 0.15) is 24.1 Å². The highest BCUT2D eigenvalue weighted by molar-refractivity contribution is 5.27. The number of nitrogens with one attached hydrogen (secondary N) is 1. The normalized spacial score (nSPS) is 12.1. The van der Waals surface area contributed by atoms with E-state index in [4.69, 9.17) is 10.6 Å². The first-order valence-corrected chi connectivity index (χ1v) is 7.31. The van der Waals surface area contributed by atoms with Crippen molar-refractivity contribution < 1.29 is 4.74 Å². The monoisotopic (exact) mass is 285 g/mol. The third-order valence-corrected chi connectivity index (χ3v) is 3.65. The van der Waals surface area contributed by atoms with Crippen LogP contribution in [0.3, 0.4) is 0 Å². The van der Waals surface area contributed by atoms with E-state index in [1.807, 2.05) is 30.5 Å². The van der Waals surface area contributed by atoms with Crippen molar-refractivity contribution in [2.75, 3.05) is 7.11 Å². The minimum atomic E-state index is 0.300. The highest BCUT2D eigenvalue weighted by Gasteiger charge is 2.08. The summed E-state index contributed by atoms with van der Waals surface area (Å²) in [5.74, 6) is 6.55. The van der Waals surface area contributed by atoms with E-state index >= 15 is 0 Å². The molecule has 0 aliphatic heterocycles. The summed E-state index contributed by atoms with van der Waals surface area (Å²) in [4.78, 5) is 4.34. The number of aryl methyl sites for hydroxylation is 2. The Labute approximate surface area is 126 Å². The molecule has 0 radical (unpaired) electrons. The summed E-state index contributed by atoms with van der Waals surface area (Å²) in [5, 5.41) is 0. The van der Waals surface area contributed by atoms with Crippen LogP contribution in [0.15, 0.2) is 48.7 Å². The maximum absolute atomic E-state index is 5.66. The number of hydrogen-bond donors (Lipinski definition) is 2. The van der Waals surface area contributed by atoms with Crippen LogP contribution < -0.4 is 16.0 Å². The first-order valence-electron chi connectivity index (χ1n) is 7.31. The van der Waals surface area contributed by atoms with Gasteiger partial charge in [-0.05, 0) is 55.5 Å². The van der Waals surface area contributed by atoms with Gasteiger partial charge in [0.2, 0.25) is 0 Å². The van der Waals surface area contributed by atoms with E-state index < -0.39 is 0 Å². The lowest BCUT2D eigenvalue weighted by Gasteiger charge is -2.15. The summed E-state index contributed by atoms with van der Waals surface area (Å²) in [6, 6.07) is 14.5. The Morgan fingerprint density at radius 2 is 1.86 bits per heavy atom. The first-order chi connectivity index (χ1) is 10.3. The number of benzene rings is 1. The van der Waals surface area contributed by atoms with E-state index in [0.717, 1.165) is 37.1 Å². The molecule has 1 atom stereocenters. The molecular weight excluding hydrogens is 262 g/mol. The Morgan fingerprint density at radius 1 is 1.10 bits per heavy atom. The van der Waals surface area contributed by atoms with E-state index in [9.17, 15) is 0 Å². The SMILES string of the molecule is COc1ccc(CCC(CCc2ccccn2)NN)cc1. The number of pyridine rings is 1. The second kappa shape index (κ2) is 8.39. The van der Waals surface area contributed by atoms with Crippen molar-refractivity contribution in [2.45, 2.75) is 31.7 Å². The molecule has 0 amide bonds. The van der Waals surface area contributed by atoms with Gasteiger partial charge in [-0.3, -0.25) is 16.3 Å². The molecular formula is C17H23N3O. The standard InChI is InChI=1S/C17H23N3O/c1-21-17-11-6-14(7-12-17)5-8-16(20-18)10-9-15-4-2-3-13-19-15/h2-4,6-7,11-13,16,20H,5,8-10,18H2,1H3. The van der Waals surface area contributed by atoms with Gasteiger partial charge in [-0.25, -0.2) is 0 Å². The van der Waals surface area contributed by atoms with Crippen molar-refractivity contribution >= 4 is 0 Å². The van der Waals surface area contributed by atoms with Crippen LogP contribution >= 0.6 is 0 Å². The largest absolute Gasteiger partial charge is 0.497 e. The van der Waals surface area contributed by atoms with Gasteiger partial charge in [0.15, 0.2) is 0 Å². The molecule has 1 unspecified atom stereocenters. The van der Waals surface area contributed by atoms with Crippen LogP contribution in [0, 0.1) is 0 Å². The van der Waals surface area contributed by atoms with Gasteiger partial charge in [0.1, 0.15) is 5.75 Å². The van der Waals surface area contributed by atoms with Crippen LogP contribution in [0.5, 0.6) is 5.75 Å². The molecule has 4 nitrogen and oxygen atoms in total. The highest BCUT2D eigenvalue weighted by atomic mass is 16.5. The maximum atomic E-state index is 5.66. The third-order valence-electron chi connectivity index (χ3n) is 3.65. The summed E-state index contributed by atoms with van der Waals surface area (Å²) in [7, 11) is 1.68. The summed E-state index contributed by atoms with van der Waals surface area (Å²) >= 11 is 0. The third kappa shape index (κ3) is 5.17. The van der Waals surface area contributed by atoms with Gasteiger partial charge in [0, 0.05) is 17.9 Å². The van der Waals surface area contributed by atoms with Crippen LogP contribution in [0.25, 0.3) is 0 Å². The Balaban J connectivity index is 1.79. The van der Waals surface area contributed by atoms with Crippen molar-refractivity contribution in [1.82, 2.24) is 10.4 Å². The number of ether oxygens (including phenoxy) is 1. The van der Waals surface area contributed by atoms with Crippen LogP contribution in [-0.2, 0) is 12.8 Å². The van der Waals surface area contributed by atoms with Gasteiger partial charge in [-0.1, -0.05) is 18.2 Å². The van der Waals surface area contributed by atoms with Crippen molar-refractivity contribution in [2.24, 2.45) is 5.84 Å². The van der Waals surface area contributed by atoms with E-state index in [2.05, 4.69) is 28.6 Å². The lowest BCUT2D eigenvalue weighted by Crippen LogP contribution is -2.35. The molecule has 4 heteroatoms. The number of rotatable bonds is 8. The number of nitrogens with zero attached hydrogens (tertiary/aromatic N) is 1. The van der Waals surface area contributed by atoms with E-state index in [1.165, 1.54) is 5.56 Å². The molecule has 3 N–H and O–H groups in total. The first kappa shape index (κ1) is 15.5. The second-order valence-corrected chi connectivity index (χ2v) is 5.11. The van der Waals surface area contributed by atoms with E-state index in [0.29, 0.717) is 6.04 Å². The molecule has 1 heterocycles. The fourth-order valence-corrected chi connectivity index (χ4v) is 2.31. The van der Waals surface area contributed by atoms with Crippen LogP contribution in [0.2, 0.25) is 0 Å². The molecule has 0 spiro atoms. The number of methoxy groups -OCH3 is 1. The topological polar surface area (TPSA) is 60.2 Å². The van der Waals surface area contributed by atoms with Crippen molar-refractivity contribution in [3.8, 4) is 5.75 Å². The molecule has 0 saturated heterocycles. The maximum Gasteiger partial charge on any atom is 0.118 e. The highest BCUT2D eigenvalue weighted by Crippen LogP contribution is 2.14. The summed E-state index contributed by atoms with van der Waals surface area (Å²) < 4.78 is 5.16. The van der Waals surface area contributed by atoms with Gasteiger partial charge >= 0.3 is 0 Å². The molecule has 2 rings (SSSR count). The zero-order valence-electron chi connectivity index (χ0n) is 12.5. The number of nitrogens with two attached hydrogens (primary N) is 1. The summed E-state index contributed by atoms with van der Waals surface area (Å²) in [6.45, 7) is 0. The summed E-state index contributed by atoms with van der Waals surface area (Å²) in [6.07, 6.45) is 5.77. The van der Waals surface area contributed by atoms with Crippen LogP contribution in [0.4, 0.5) is 0 Å². The predicted molar refractivity (Wildman–Crippen MR) is 85.0 cm³/mol. The van der Waals surface area contributed by atoms with Gasteiger partial charge in [-0.2, -0.15) is 0 Å². The molecule has 0 aliphatic rings. The Hall–Kier alpha value is -1.91. The van der Waals surface area contributed by atoms with Gasteiger partial charge in [0.25, 0.3) is 0 Å². The smallest absolute Gasteiger partial charge is 0.118 e. The molecule has 0 bridgehead atoms. The average molecular weight is 285 g/mol. The summed E-state index contributed by atoms with van der Waals surface area (Å²) in [5.41, 5.74) is 5.33. The number of hydrogen-bond acceptors (Lipinski definition) is 4. The molecule has 21 heavy (non-hydrogen) atoms. The van der Waals surface area contributed by atoms with Crippen molar-refractivity contribution in [3.63, 3.8) is 0 Å². The van der Waals surface area contributed by atoms with E-state index in [-0.39, 0.29) is 0 Å². The fourth-order valence-electron chi connectivity index (χ4n) is 2.31. The Bertz CT molecular complexity index is 513. The minimum absolute atomic E-state index is 0.300. The molecule has 0 aliphatic carbocycles. The predicted octanol–water partition coefficient (Wildman–Crippen LogP) is 2.49. The van der Waals surface area contributed by atoms with Gasteiger partial charge in [-0.15, -0.1) is 0 Å². The molecule has 1 aromatic carbocycles. The quantitative estimate of drug-likeness (QED) is 0.578. The van der Waals surface area contributed by atoms with Crippen molar-refractivity contribution in [1.29, 1.82) is 0 Å². The van der Waals surface area contributed by atoms with Gasteiger partial charge < -0.3 is 4.74 Å². The van der Waals surface area contributed by atoms with Gasteiger partial charge in [0.05, 0.1) is 7.11 Å².